The van der Waals surface area contributed by atoms with Crippen molar-refractivity contribution in [1.29, 1.82) is 0 Å². The number of carbonyl (C=O) groups is 2. The number of halogens is 4. The van der Waals surface area contributed by atoms with E-state index in [0.29, 0.717) is 33.5 Å². The summed E-state index contributed by atoms with van der Waals surface area (Å²) >= 11 is 6.00. The molecule has 4 aromatic carbocycles. The Morgan fingerprint density at radius 3 is 2.33 bits per heavy atom. The zero-order valence-corrected chi connectivity index (χ0v) is 25.6. The highest BCUT2D eigenvalue weighted by Gasteiger charge is 2.50. The van der Waals surface area contributed by atoms with Gasteiger partial charge in [0.15, 0.2) is 17.3 Å². The van der Waals surface area contributed by atoms with Crippen LogP contribution in [-0.4, -0.2) is 24.5 Å². The summed E-state index contributed by atoms with van der Waals surface area (Å²) in [7, 11) is 0. The lowest BCUT2D eigenvalue weighted by Crippen LogP contribution is -2.45. The van der Waals surface area contributed by atoms with Crippen molar-refractivity contribution in [2.24, 2.45) is 0 Å². The lowest BCUT2D eigenvalue weighted by atomic mass is 9.78. The number of anilines is 2. The molecule has 0 unspecified atom stereocenters. The number of rotatable bonds is 7. The van der Waals surface area contributed by atoms with Gasteiger partial charge in [0.1, 0.15) is 6.61 Å². The van der Waals surface area contributed by atoms with E-state index in [4.69, 9.17) is 21.1 Å². The Labute approximate surface area is 269 Å². The van der Waals surface area contributed by atoms with E-state index in [1.807, 2.05) is 42.5 Å². The van der Waals surface area contributed by atoms with Gasteiger partial charge in [-0.05, 0) is 72.4 Å². The van der Waals surface area contributed by atoms with Crippen molar-refractivity contribution in [3.8, 4) is 11.5 Å². The molecule has 0 saturated heterocycles. The smallest absolute Gasteiger partial charge is 0.471 e. The van der Waals surface area contributed by atoms with Crippen LogP contribution in [0, 0.1) is 0 Å². The van der Waals surface area contributed by atoms with Gasteiger partial charge in [-0.3, -0.25) is 14.5 Å². The van der Waals surface area contributed by atoms with Crippen LogP contribution in [0.4, 0.5) is 24.5 Å². The van der Waals surface area contributed by atoms with E-state index in [9.17, 15) is 22.8 Å². The fourth-order valence-corrected chi connectivity index (χ4v) is 6.18. The zero-order valence-electron chi connectivity index (χ0n) is 24.8. The number of allylic oxidation sites excluding steroid dienone is 1. The van der Waals surface area contributed by atoms with Gasteiger partial charge in [0, 0.05) is 22.7 Å². The third kappa shape index (κ3) is 6.33. The molecule has 236 valence electrons. The van der Waals surface area contributed by atoms with E-state index < -0.39 is 18.1 Å². The van der Waals surface area contributed by atoms with Crippen LogP contribution in [0.1, 0.15) is 48.4 Å². The van der Waals surface area contributed by atoms with Crippen molar-refractivity contribution >= 4 is 34.7 Å². The molecule has 0 radical (unpaired) electrons. The molecule has 1 aliphatic carbocycles. The molecule has 1 N–H and O–H groups in total. The van der Waals surface area contributed by atoms with Gasteiger partial charge in [-0.2, -0.15) is 13.2 Å². The molecule has 1 aliphatic heterocycles. The van der Waals surface area contributed by atoms with Gasteiger partial charge >= 0.3 is 12.1 Å². The Balaban J connectivity index is 1.49. The van der Waals surface area contributed by atoms with Crippen LogP contribution in [0.2, 0.25) is 5.02 Å². The molecule has 1 amide bonds. The number of ketones is 1. The lowest BCUT2D eigenvalue weighted by molar-refractivity contribution is -0.170. The summed E-state index contributed by atoms with van der Waals surface area (Å²) in [6, 6.07) is 26.3. The van der Waals surface area contributed by atoms with Crippen molar-refractivity contribution in [1.82, 2.24) is 0 Å². The third-order valence-electron chi connectivity index (χ3n) is 8.11. The molecule has 6 rings (SSSR count). The van der Waals surface area contributed by atoms with Crippen LogP contribution < -0.4 is 19.7 Å². The normalized spacial score (nSPS) is 17.8. The van der Waals surface area contributed by atoms with Crippen LogP contribution in [0.15, 0.2) is 108 Å². The molecular weight excluding hydrogens is 617 g/mol. The van der Waals surface area contributed by atoms with Crippen molar-refractivity contribution in [3.05, 3.63) is 130 Å². The summed E-state index contributed by atoms with van der Waals surface area (Å²) in [6.07, 6.45) is -4.78. The van der Waals surface area contributed by atoms with Crippen molar-refractivity contribution < 1.29 is 32.2 Å². The molecule has 0 bridgehead atoms. The van der Waals surface area contributed by atoms with Crippen LogP contribution in [0.3, 0.4) is 0 Å². The second kappa shape index (κ2) is 12.9. The number of nitrogens with one attached hydrogen (secondary N) is 1. The van der Waals surface area contributed by atoms with Crippen molar-refractivity contribution in [2.75, 3.05) is 16.8 Å². The summed E-state index contributed by atoms with van der Waals surface area (Å²) in [6.45, 7) is 2.20. The van der Waals surface area contributed by atoms with Crippen LogP contribution in [-0.2, 0) is 16.2 Å². The minimum absolute atomic E-state index is 0.00862. The molecule has 10 heteroatoms. The lowest BCUT2D eigenvalue weighted by Gasteiger charge is -2.35. The molecule has 0 fully saturated rings. The van der Waals surface area contributed by atoms with Crippen molar-refractivity contribution in [3.63, 3.8) is 0 Å². The number of amides is 1. The first kappa shape index (κ1) is 31.2. The molecule has 4 aromatic rings. The second-order valence-corrected chi connectivity index (χ2v) is 11.5. The summed E-state index contributed by atoms with van der Waals surface area (Å²) in [4.78, 5) is 28.1. The second-order valence-electron chi connectivity index (χ2n) is 11.1. The highest BCUT2D eigenvalue weighted by atomic mass is 35.5. The molecule has 6 nitrogen and oxygen atoms in total. The first-order valence-corrected chi connectivity index (χ1v) is 15.2. The number of benzene rings is 4. The summed E-state index contributed by atoms with van der Waals surface area (Å²) in [5, 5.41) is 3.84. The van der Waals surface area contributed by atoms with Gasteiger partial charge < -0.3 is 14.8 Å². The number of alkyl halides is 3. The Morgan fingerprint density at radius 2 is 1.61 bits per heavy atom. The van der Waals surface area contributed by atoms with Gasteiger partial charge in [-0.1, -0.05) is 72.3 Å². The Morgan fingerprint density at radius 1 is 0.891 bits per heavy atom. The van der Waals surface area contributed by atoms with Gasteiger partial charge in [-0.25, -0.2) is 0 Å². The Kier molecular flexibility index (Phi) is 8.77. The molecule has 0 saturated carbocycles. The number of hydrogen-bond acceptors (Lipinski definition) is 5. The van der Waals surface area contributed by atoms with Crippen LogP contribution in [0.5, 0.6) is 11.5 Å². The molecule has 2 aliphatic rings. The summed E-state index contributed by atoms with van der Waals surface area (Å²) in [5.74, 6) is -2.00. The van der Waals surface area contributed by atoms with Gasteiger partial charge in [0.25, 0.3) is 0 Å². The molecule has 46 heavy (non-hydrogen) atoms. The minimum atomic E-state index is -5.22. The average Bonchev–Trinajstić information content (AvgIpc) is 3.19. The number of ether oxygens (including phenoxy) is 2. The monoisotopic (exact) mass is 646 g/mol. The van der Waals surface area contributed by atoms with Gasteiger partial charge in [0.05, 0.1) is 24.0 Å². The number of fused-ring (bicyclic) bond motifs is 1. The fraction of sp³-hybridized carbons (Fsp3) is 0.222. The highest BCUT2D eigenvalue weighted by Crippen LogP contribution is 2.49. The predicted octanol–water partition coefficient (Wildman–Crippen LogP) is 8.78. The minimum Gasteiger partial charge on any atom is -0.490 e. The van der Waals surface area contributed by atoms with E-state index in [1.165, 1.54) is 6.07 Å². The molecule has 0 aromatic heterocycles. The van der Waals surface area contributed by atoms with Crippen LogP contribution >= 0.6 is 11.6 Å². The van der Waals surface area contributed by atoms with E-state index >= 15 is 0 Å². The molecule has 1 heterocycles. The summed E-state index contributed by atoms with van der Waals surface area (Å²) in [5.41, 5.74) is 2.96. The van der Waals surface area contributed by atoms with Gasteiger partial charge in [0.2, 0.25) is 0 Å². The average molecular weight is 647 g/mol. The molecule has 0 spiro atoms. The maximum atomic E-state index is 14.3. The maximum Gasteiger partial charge on any atom is 0.471 e. The van der Waals surface area contributed by atoms with E-state index in [2.05, 4.69) is 5.32 Å². The van der Waals surface area contributed by atoms with Crippen LogP contribution in [0.25, 0.3) is 0 Å². The first-order chi connectivity index (χ1) is 22.1. The molecule has 2 atom stereocenters. The summed E-state index contributed by atoms with van der Waals surface area (Å²) < 4.78 is 54.9. The maximum absolute atomic E-state index is 14.3. The topological polar surface area (TPSA) is 67.9 Å². The quantitative estimate of drug-likeness (QED) is 0.217. The number of nitrogens with zero attached hydrogens (tertiary/aromatic N) is 1. The van der Waals surface area contributed by atoms with E-state index in [-0.39, 0.29) is 53.9 Å². The predicted molar refractivity (Wildman–Crippen MR) is 170 cm³/mol. The SMILES string of the molecule is CCOc1cc([C@H]2C3=C(C[C@H](c4ccccc4)CC3=O)Nc3ccccc3N2C(=O)C(F)(F)F)ccc1OCc1ccc(Cl)cc1. The number of Topliss-reactive ketones (excluding diaryl/α,β-unsaturated/α-hetero) is 1. The third-order valence-corrected chi connectivity index (χ3v) is 8.36. The zero-order chi connectivity index (χ0) is 32.4. The molecular formula is C36H30ClF3N2O4. The number of hydrogen-bond donors (Lipinski definition) is 1. The fourth-order valence-electron chi connectivity index (χ4n) is 6.05. The number of carbonyl (C=O) groups excluding carboxylic acids is 2. The van der Waals surface area contributed by atoms with Gasteiger partial charge in [-0.15, -0.1) is 0 Å². The largest absolute Gasteiger partial charge is 0.490 e. The van der Waals surface area contributed by atoms with E-state index in [0.717, 1.165) is 11.1 Å². The Bertz CT molecular complexity index is 1790. The highest BCUT2D eigenvalue weighted by molar-refractivity contribution is 6.30. The Hall–Kier alpha value is -4.76. The van der Waals surface area contributed by atoms with Crippen molar-refractivity contribution in [2.45, 2.75) is 44.5 Å². The first-order valence-electron chi connectivity index (χ1n) is 14.9. The standard InChI is InChI=1S/C36H30ClF3N2O4/c1-2-45-32-20-24(14-17-31(32)46-21-22-12-15-26(37)16-13-22)34-33-28(18-25(19-30(33)43)23-8-4-3-5-9-23)41-27-10-6-7-11-29(27)42(34)35(44)36(38,39)40/h3-17,20,25,34,41H,2,18-19,21H2,1H3/t25-,34-/m0/s1. The number of para-hydroxylation sites is 2. The van der Waals surface area contributed by atoms with E-state index in [1.54, 1.807) is 55.5 Å².